The first-order chi connectivity index (χ1) is 37.7. The Morgan fingerprint density at radius 3 is 1.03 bits per heavy atom. The molecule has 0 radical (unpaired) electrons. The molecule has 0 unspecified atom stereocenters. The lowest BCUT2D eigenvalue weighted by Gasteiger charge is -2.33. The average Bonchev–Trinajstić information content (AvgIpc) is 3.88. The molecule has 78 heavy (non-hydrogen) atoms. The normalized spacial score (nSPS) is 13.7. The van der Waals surface area contributed by atoms with Gasteiger partial charge in [-0.2, -0.15) is 0 Å². The van der Waals surface area contributed by atoms with Crippen molar-refractivity contribution < 1.29 is 8.78 Å². The lowest BCUT2D eigenvalue weighted by molar-refractivity contribution is 0.630. The second-order valence-electron chi connectivity index (χ2n) is 22.9. The van der Waals surface area contributed by atoms with E-state index in [1.54, 1.807) is 12.1 Å². The van der Waals surface area contributed by atoms with Gasteiger partial charge in [0.1, 0.15) is 11.6 Å². The third-order valence-corrected chi connectivity index (χ3v) is 17.6. The largest absolute Gasteiger partial charge is 0.309 e. The Morgan fingerprint density at radius 2 is 0.628 bits per heavy atom. The van der Waals surface area contributed by atoms with E-state index in [0.717, 1.165) is 99.8 Å². The van der Waals surface area contributed by atoms with E-state index in [1.807, 2.05) is 86.6 Å². The molecule has 2 aliphatic rings. The summed E-state index contributed by atoms with van der Waals surface area (Å²) in [6.07, 6.45) is 0. The molecule has 2 nitrogen and oxygen atoms in total. The lowest BCUT2D eigenvalue weighted by Crippen LogP contribution is -2.17. The van der Waals surface area contributed by atoms with E-state index in [0.29, 0.717) is 11.1 Å². The van der Waals surface area contributed by atoms with Crippen molar-refractivity contribution >= 4 is 66.4 Å². The van der Waals surface area contributed by atoms with Gasteiger partial charge in [-0.25, -0.2) is 8.78 Å². The molecule has 0 aliphatic heterocycles. The SMILES string of the molecule is Cc1cc(F)c(-c2ccccc2)cc1N(c1cc2c(cc1C)C(C)(C)c1ccccc1-2)c1ccc2ccc3c(N(c4cc(-c5ccccc5)c(F)cc4C)c4cc5c(cc4C)C(C)(C)c4ccccc4-5)ccc4ccc1c2c43. The number of benzene rings is 12. The molecule has 0 saturated carbocycles. The van der Waals surface area contributed by atoms with E-state index in [4.69, 9.17) is 0 Å². The van der Waals surface area contributed by atoms with Crippen LogP contribution in [0.15, 0.2) is 206 Å². The van der Waals surface area contributed by atoms with Crippen molar-refractivity contribution in [2.75, 3.05) is 9.80 Å². The Hall–Kier alpha value is -8.86. The highest BCUT2D eigenvalue weighted by Crippen LogP contribution is 2.56. The minimum atomic E-state index is -0.255. The standard InChI is InChI=1S/C74H58F2N2/c1-43-35-61-57(51-23-15-17-25-59(51)73(61,5)6)41-69(43)77(67-39-55(63(75)37-45(67)3)47-19-11-9-12-20-47)65-33-29-49-28-32-54-66(34-30-50-27-31-53(65)71(49)72(50)54)78(68-40-56(64(76)38-46(68)4)48-21-13-10-14-22-48)70-42-58-52-24-16-18-26-60(52)74(7,8)62(58)36-44(70)2/h9-42H,1-8H3. The van der Waals surface area contributed by atoms with Gasteiger partial charge >= 0.3 is 0 Å². The van der Waals surface area contributed by atoms with Crippen LogP contribution in [0.3, 0.4) is 0 Å². The highest BCUT2D eigenvalue weighted by molar-refractivity contribution is 6.28. The predicted octanol–water partition coefficient (Wildman–Crippen LogP) is 21.0. The minimum Gasteiger partial charge on any atom is -0.309 e. The molecule has 0 amide bonds. The molecule has 12 aromatic rings. The molecule has 0 bridgehead atoms. The van der Waals surface area contributed by atoms with Crippen LogP contribution < -0.4 is 9.80 Å². The van der Waals surface area contributed by atoms with Crippen LogP contribution in [0.2, 0.25) is 0 Å². The molecular formula is C74H58F2N2. The number of nitrogens with zero attached hydrogens (tertiary/aromatic N) is 2. The summed E-state index contributed by atoms with van der Waals surface area (Å²) >= 11 is 0. The fourth-order valence-electron chi connectivity index (χ4n) is 13.6. The van der Waals surface area contributed by atoms with Gasteiger partial charge in [-0.1, -0.05) is 185 Å². The first-order valence-corrected chi connectivity index (χ1v) is 27.2. The van der Waals surface area contributed by atoms with Crippen LogP contribution in [-0.4, -0.2) is 0 Å². The first kappa shape index (κ1) is 47.6. The number of hydrogen-bond donors (Lipinski definition) is 0. The molecule has 0 N–H and O–H groups in total. The van der Waals surface area contributed by atoms with E-state index in [2.05, 4.69) is 173 Å². The monoisotopic (exact) mass is 1010 g/mol. The molecule has 14 rings (SSSR count). The quantitative estimate of drug-likeness (QED) is 0.140. The zero-order valence-corrected chi connectivity index (χ0v) is 45.3. The van der Waals surface area contributed by atoms with Gasteiger partial charge in [0.05, 0.1) is 11.4 Å². The third-order valence-electron chi connectivity index (χ3n) is 17.6. The number of fused-ring (bicyclic) bond motifs is 6. The molecule has 2 aliphatic carbocycles. The summed E-state index contributed by atoms with van der Waals surface area (Å²) in [5, 5.41) is 6.69. The fourth-order valence-corrected chi connectivity index (χ4v) is 13.6. The van der Waals surface area contributed by atoms with Crippen molar-refractivity contribution in [3.8, 4) is 44.5 Å². The van der Waals surface area contributed by atoms with E-state index in [1.165, 1.54) is 44.5 Å². The maximum absolute atomic E-state index is 16.5. The zero-order valence-electron chi connectivity index (χ0n) is 45.3. The molecule has 4 heteroatoms. The van der Waals surface area contributed by atoms with Crippen LogP contribution >= 0.6 is 0 Å². The van der Waals surface area contributed by atoms with E-state index in [9.17, 15) is 0 Å². The molecule has 378 valence electrons. The van der Waals surface area contributed by atoms with Gasteiger partial charge in [0.25, 0.3) is 0 Å². The Kier molecular flexibility index (Phi) is 10.6. The van der Waals surface area contributed by atoms with Crippen molar-refractivity contribution in [1.82, 2.24) is 0 Å². The zero-order chi connectivity index (χ0) is 53.5. The van der Waals surface area contributed by atoms with Gasteiger partial charge in [0.15, 0.2) is 0 Å². The Balaban J connectivity index is 1.04. The molecular weight excluding hydrogens is 955 g/mol. The second kappa shape index (κ2) is 17.3. The van der Waals surface area contributed by atoms with Crippen LogP contribution in [0.25, 0.3) is 76.8 Å². The van der Waals surface area contributed by atoms with Gasteiger partial charge < -0.3 is 9.80 Å². The molecule has 0 heterocycles. The lowest BCUT2D eigenvalue weighted by atomic mass is 9.82. The van der Waals surface area contributed by atoms with Crippen LogP contribution in [0.5, 0.6) is 0 Å². The molecule has 0 spiro atoms. The summed E-state index contributed by atoms with van der Waals surface area (Å²) in [5.74, 6) is -0.509. The summed E-state index contributed by atoms with van der Waals surface area (Å²) in [6, 6.07) is 72.5. The van der Waals surface area contributed by atoms with Gasteiger partial charge in [-0.3, -0.25) is 0 Å². The fraction of sp³-hybridized carbons (Fsp3) is 0.135. The molecule has 0 aromatic heterocycles. The average molecular weight is 1010 g/mol. The highest BCUT2D eigenvalue weighted by Gasteiger charge is 2.38. The Labute approximate surface area is 455 Å². The molecule has 12 aromatic carbocycles. The van der Waals surface area contributed by atoms with Crippen molar-refractivity contribution in [3.05, 3.63) is 262 Å². The summed E-state index contributed by atoms with van der Waals surface area (Å²) < 4.78 is 32.9. The van der Waals surface area contributed by atoms with Crippen molar-refractivity contribution in [2.24, 2.45) is 0 Å². The van der Waals surface area contributed by atoms with Crippen molar-refractivity contribution in [1.29, 1.82) is 0 Å². The first-order valence-electron chi connectivity index (χ1n) is 27.2. The van der Waals surface area contributed by atoms with E-state index < -0.39 is 0 Å². The second-order valence-corrected chi connectivity index (χ2v) is 22.9. The number of halogens is 2. The highest BCUT2D eigenvalue weighted by atomic mass is 19.1. The minimum absolute atomic E-state index is 0.181. The molecule has 0 saturated heterocycles. The van der Waals surface area contributed by atoms with Crippen LogP contribution in [0.4, 0.5) is 42.9 Å². The topological polar surface area (TPSA) is 6.48 Å². The Bertz CT molecular complexity index is 4170. The van der Waals surface area contributed by atoms with Crippen LogP contribution in [0.1, 0.15) is 72.2 Å². The number of hydrogen-bond acceptors (Lipinski definition) is 2. The predicted molar refractivity (Wildman–Crippen MR) is 324 cm³/mol. The maximum Gasteiger partial charge on any atom is 0.131 e. The van der Waals surface area contributed by atoms with Gasteiger partial charge in [0, 0.05) is 55.5 Å². The number of rotatable bonds is 8. The molecule has 0 atom stereocenters. The summed E-state index contributed by atoms with van der Waals surface area (Å²) in [4.78, 5) is 4.79. The smallest absolute Gasteiger partial charge is 0.131 e. The van der Waals surface area contributed by atoms with Crippen molar-refractivity contribution in [2.45, 2.75) is 66.2 Å². The summed E-state index contributed by atoms with van der Waals surface area (Å²) in [6.45, 7) is 17.8. The number of aryl methyl sites for hydroxylation is 4. The maximum atomic E-state index is 16.5. The summed E-state index contributed by atoms with van der Waals surface area (Å²) in [5.41, 5.74) is 22.3. The Morgan fingerprint density at radius 1 is 0.295 bits per heavy atom. The third kappa shape index (κ3) is 6.98. The van der Waals surface area contributed by atoms with Crippen LogP contribution in [0, 0.1) is 39.3 Å². The van der Waals surface area contributed by atoms with E-state index in [-0.39, 0.29) is 22.5 Å². The van der Waals surface area contributed by atoms with E-state index >= 15 is 8.78 Å². The van der Waals surface area contributed by atoms with Gasteiger partial charge in [-0.05, 0) is 176 Å². The van der Waals surface area contributed by atoms with Crippen molar-refractivity contribution in [3.63, 3.8) is 0 Å². The number of anilines is 6. The van der Waals surface area contributed by atoms with Crippen LogP contribution in [-0.2, 0) is 10.8 Å². The molecule has 0 fully saturated rings. The van der Waals surface area contributed by atoms with Gasteiger partial charge in [-0.15, -0.1) is 0 Å². The summed E-state index contributed by atoms with van der Waals surface area (Å²) in [7, 11) is 0. The van der Waals surface area contributed by atoms with Gasteiger partial charge in [0.2, 0.25) is 0 Å².